The highest BCUT2D eigenvalue weighted by Gasteiger charge is 1.99. The highest BCUT2D eigenvalue weighted by molar-refractivity contribution is 7.97. The lowest BCUT2D eigenvalue weighted by Gasteiger charge is -1.98. The minimum atomic E-state index is 0.958. The summed E-state index contributed by atoms with van der Waals surface area (Å²) in [5.41, 5.74) is 2.25. The molecule has 78 valence electrons. The third-order valence-corrected chi connectivity index (χ3v) is 4.00. The topological polar surface area (TPSA) is 25.8 Å². The Labute approximate surface area is 97.8 Å². The fourth-order valence-electron chi connectivity index (χ4n) is 1.20. The second kappa shape index (κ2) is 5.28. The summed E-state index contributed by atoms with van der Waals surface area (Å²) in [4.78, 5) is 8.70. The number of hydrogen-bond donors (Lipinski definition) is 0. The van der Waals surface area contributed by atoms with E-state index in [4.69, 9.17) is 0 Å². The maximum Gasteiger partial charge on any atom is 0.103 e. The summed E-state index contributed by atoms with van der Waals surface area (Å²) in [6.07, 6.45) is 1.84. The minimum Gasteiger partial charge on any atom is -0.260 e. The van der Waals surface area contributed by atoms with Crippen LogP contribution in [-0.4, -0.2) is 9.97 Å². The molecular weight excluding hydrogens is 224 g/mol. The molecule has 0 fully saturated rings. The summed E-state index contributed by atoms with van der Waals surface area (Å²) in [6.45, 7) is 2.03. The number of nitrogens with zero attached hydrogens (tertiary/aromatic N) is 2. The third kappa shape index (κ3) is 3.32. The molecule has 15 heavy (non-hydrogen) atoms. The lowest BCUT2D eigenvalue weighted by atomic mass is 10.4. The predicted octanol–water partition coefficient (Wildman–Crippen LogP) is 3.28. The standard InChI is InChI=1S/C11H12N2S2/c1-9-6-15-11(13-9)8-14-7-10-4-2-3-5-12-10/h2-6H,7-8H2,1H3. The molecule has 2 rings (SSSR count). The van der Waals surface area contributed by atoms with Crippen LogP contribution in [0.5, 0.6) is 0 Å². The van der Waals surface area contributed by atoms with E-state index in [9.17, 15) is 0 Å². The van der Waals surface area contributed by atoms with Gasteiger partial charge in [0, 0.05) is 28.8 Å². The van der Waals surface area contributed by atoms with Gasteiger partial charge in [0.25, 0.3) is 0 Å². The van der Waals surface area contributed by atoms with E-state index in [0.717, 1.165) is 22.9 Å². The van der Waals surface area contributed by atoms with Gasteiger partial charge in [0.1, 0.15) is 5.01 Å². The van der Waals surface area contributed by atoms with Crippen molar-refractivity contribution in [2.45, 2.75) is 18.4 Å². The van der Waals surface area contributed by atoms with E-state index in [2.05, 4.69) is 21.4 Å². The number of hydrogen-bond acceptors (Lipinski definition) is 4. The summed E-state index contributed by atoms with van der Waals surface area (Å²) >= 11 is 3.59. The van der Waals surface area contributed by atoms with Crippen molar-refractivity contribution < 1.29 is 0 Å². The van der Waals surface area contributed by atoms with Crippen LogP contribution in [0.4, 0.5) is 0 Å². The van der Waals surface area contributed by atoms with Crippen LogP contribution in [0.15, 0.2) is 29.8 Å². The van der Waals surface area contributed by atoms with Crippen LogP contribution in [0, 0.1) is 6.92 Å². The van der Waals surface area contributed by atoms with Gasteiger partial charge in [-0.3, -0.25) is 4.98 Å². The monoisotopic (exact) mass is 236 g/mol. The first-order chi connectivity index (χ1) is 7.34. The van der Waals surface area contributed by atoms with Gasteiger partial charge < -0.3 is 0 Å². The van der Waals surface area contributed by atoms with Crippen molar-refractivity contribution in [2.24, 2.45) is 0 Å². The summed E-state index contributed by atoms with van der Waals surface area (Å²) in [5, 5.41) is 3.30. The fraction of sp³-hybridized carbons (Fsp3) is 0.273. The molecule has 0 unspecified atom stereocenters. The van der Waals surface area contributed by atoms with E-state index in [1.807, 2.05) is 37.0 Å². The number of aromatic nitrogens is 2. The predicted molar refractivity (Wildman–Crippen MR) is 66.1 cm³/mol. The van der Waals surface area contributed by atoms with Gasteiger partial charge in [-0.15, -0.1) is 23.1 Å². The van der Waals surface area contributed by atoms with Crippen LogP contribution in [-0.2, 0) is 11.5 Å². The molecule has 0 aromatic carbocycles. The molecule has 0 saturated carbocycles. The quantitative estimate of drug-likeness (QED) is 0.814. The highest BCUT2D eigenvalue weighted by atomic mass is 32.2. The average molecular weight is 236 g/mol. The molecule has 2 aromatic rings. The molecule has 0 spiro atoms. The lowest BCUT2D eigenvalue weighted by Crippen LogP contribution is -1.86. The van der Waals surface area contributed by atoms with Gasteiger partial charge in [0.15, 0.2) is 0 Å². The third-order valence-electron chi connectivity index (χ3n) is 1.87. The highest BCUT2D eigenvalue weighted by Crippen LogP contribution is 2.19. The van der Waals surface area contributed by atoms with Crippen molar-refractivity contribution in [3.8, 4) is 0 Å². The molecular formula is C11H12N2S2. The number of aryl methyl sites for hydroxylation is 1. The zero-order chi connectivity index (χ0) is 10.5. The van der Waals surface area contributed by atoms with Crippen LogP contribution in [0.1, 0.15) is 16.4 Å². The Morgan fingerprint density at radius 3 is 2.93 bits per heavy atom. The second-order valence-corrected chi connectivity index (χ2v) is 5.12. The average Bonchev–Trinajstić information content (AvgIpc) is 2.66. The van der Waals surface area contributed by atoms with E-state index < -0.39 is 0 Å². The first-order valence-electron chi connectivity index (χ1n) is 4.73. The molecule has 0 radical (unpaired) electrons. The van der Waals surface area contributed by atoms with Crippen LogP contribution in [0.3, 0.4) is 0 Å². The van der Waals surface area contributed by atoms with Crippen LogP contribution in [0.2, 0.25) is 0 Å². The van der Waals surface area contributed by atoms with Gasteiger partial charge in [-0.05, 0) is 19.1 Å². The maximum absolute atomic E-state index is 4.42. The van der Waals surface area contributed by atoms with Crippen LogP contribution < -0.4 is 0 Å². The van der Waals surface area contributed by atoms with Gasteiger partial charge >= 0.3 is 0 Å². The molecule has 0 atom stereocenters. The fourth-order valence-corrected chi connectivity index (χ4v) is 2.99. The Bertz CT molecular complexity index is 412. The van der Waals surface area contributed by atoms with E-state index in [1.165, 1.54) is 5.01 Å². The van der Waals surface area contributed by atoms with Crippen molar-refractivity contribution >= 4 is 23.1 Å². The van der Waals surface area contributed by atoms with Crippen molar-refractivity contribution in [1.82, 2.24) is 9.97 Å². The molecule has 2 heterocycles. The van der Waals surface area contributed by atoms with E-state index in [1.54, 1.807) is 11.3 Å². The van der Waals surface area contributed by atoms with Crippen molar-refractivity contribution in [3.63, 3.8) is 0 Å². The number of thioether (sulfide) groups is 1. The Balaban J connectivity index is 1.80. The smallest absolute Gasteiger partial charge is 0.103 e. The van der Waals surface area contributed by atoms with Crippen molar-refractivity contribution in [3.05, 3.63) is 46.2 Å². The SMILES string of the molecule is Cc1csc(CSCc2ccccn2)n1. The van der Waals surface area contributed by atoms with E-state index in [-0.39, 0.29) is 0 Å². The van der Waals surface area contributed by atoms with Gasteiger partial charge in [-0.1, -0.05) is 6.07 Å². The van der Waals surface area contributed by atoms with Gasteiger partial charge in [0.05, 0.1) is 5.69 Å². The zero-order valence-electron chi connectivity index (χ0n) is 8.51. The molecule has 4 heteroatoms. The first kappa shape index (κ1) is 10.6. The number of pyridine rings is 1. The molecule has 0 bridgehead atoms. The molecule has 0 aliphatic carbocycles. The van der Waals surface area contributed by atoms with Gasteiger partial charge in [0.2, 0.25) is 0 Å². The molecule has 0 N–H and O–H groups in total. The summed E-state index contributed by atoms with van der Waals surface area (Å²) in [5.74, 6) is 1.94. The zero-order valence-corrected chi connectivity index (χ0v) is 10.1. The van der Waals surface area contributed by atoms with Gasteiger partial charge in [-0.25, -0.2) is 4.98 Å². The second-order valence-electron chi connectivity index (χ2n) is 3.20. The molecule has 0 aliphatic heterocycles. The molecule has 2 nitrogen and oxygen atoms in total. The van der Waals surface area contributed by atoms with Crippen molar-refractivity contribution in [1.29, 1.82) is 0 Å². The normalized spacial score (nSPS) is 10.5. The maximum atomic E-state index is 4.42. The molecule has 0 aliphatic rings. The van der Waals surface area contributed by atoms with Crippen LogP contribution in [0.25, 0.3) is 0 Å². The largest absolute Gasteiger partial charge is 0.260 e. The summed E-state index contributed by atoms with van der Waals surface area (Å²) < 4.78 is 0. The Morgan fingerprint density at radius 1 is 1.33 bits per heavy atom. The Morgan fingerprint density at radius 2 is 2.27 bits per heavy atom. The van der Waals surface area contributed by atoms with E-state index in [0.29, 0.717) is 0 Å². The Kier molecular flexibility index (Phi) is 3.75. The molecule has 2 aromatic heterocycles. The van der Waals surface area contributed by atoms with Crippen LogP contribution >= 0.6 is 23.1 Å². The number of rotatable bonds is 4. The Hall–Kier alpha value is -0.870. The number of thiazole rings is 1. The first-order valence-corrected chi connectivity index (χ1v) is 6.77. The molecule has 0 amide bonds. The van der Waals surface area contributed by atoms with Gasteiger partial charge in [-0.2, -0.15) is 0 Å². The molecule has 0 saturated heterocycles. The van der Waals surface area contributed by atoms with Crippen molar-refractivity contribution in [2.75, 3.05) is 0 Å². The lowest BCUT2D eigenvalue weighted by molar-refractivity contribution is 1.16. The van der Waals surface area contributed by atoms with E-state index >= 15 is 0 Å². The minimum absolute atomic E-state index is 0.958. The summed E-state index contributed by atoms with van der Waals surface area (Å²) in [6, 6.07) is 6.02. The summed E-state index contributed by atoms with van der Waals surface area (Å²) in [7, 11) is 0.